The Morgan fingerprint density at radius 1 is 1.47 bits per heavy atom. The minimum atomic E-state index is -0.186. The molecule has 1 aromatic heterocycles. The molecule has 4 heteroatoms. The van der Waals surface area contributed by atoms with E-state index in [1.165, 1.54) is 0 Å². The molecule has 0 spiro atoms. The van der Waals surface area contributed by atoms with Crippen LogP contribution in [0.3, 0.4) is 0 Å². The van der Waals surface area contributed by atoms with Crippen LogP contribution in [-0.2, 0) is 23.0 Å². The van der Waals surface area contributed by atoms with Gasteiger partial charge in [-0.1, -0.05) is 12.1 Å². The van der Waals surface area contributed by atoms with Gasteiger partial charge in [0.15, 0.2) is 0 Å². The van der Waals surface area contributed by atoms with Gasteiger partial charge in [-0.25, -0.2) is 0 Å². The number of benzene rings is 1. The standard InChI is InChI=1S/C13H14BrNO2/c1-3-17-12(16)8-10-7-9-5-4-6-11(14)13(9)15(10)2/h4-7H,3,8H2,1-2H3. The van der Waals surface area contributed by atoms with E-state index in [4.69, 9.17) is 4.74 Å². The van der Waals surface area contributed by atoms with Crippen molar-refractivity contribution in [3.8, 4) is 0 Å². The summed E-state index contributed by atoms with van der Waals surface area (Å²) in [6.07, 6.45) is 0.311. The predicted molar refractivity (Wildman–Crippen MR) is 71.0 cm³/mol. The zero-order valence-corrected chi connectivity index (χ0v) is 11.5. The first-order valence-corrected chi connectivity index (χ1v) is 6.31. The van der Waals surface area contributed by atoms with Gasteiger partial charge in [0.2, 0.25) is 0 Å². The van der Waals surface area contributed by atoms with Gasteiger partial charge in [0, 0.05) is 22.6 Å². The quantitative estimate of drug-likeness (QED) is 0.815. The number of rotatable bonds is 3. The topological polar surface area (TPSA) is 31.2 Å². The second kappa shape index (κ2) is 4.92. The van der Waals surface area contributed by atoms with E-state index < -0.39 is 0 Å². The predicted octanol–water partition coefficient (Wildman–Crippen LogP) is 3.05. The second-order valence-electron chi connectivity index (χ2n) is 3.85. The number of aromatic nitrogens is 1. The number of halogens is 1. The first-order valence-electron chi connectivity index (χ1n) is 5.52. The number of ether oxygens (including phenoxy) is 1. The fourth-order valence-corrected chi connectivity index (χ4v) is 2.60. The molecule has 0 aliphatic carbocycles. The molecule has 0 atom stereocenters. The molecule has 0 unspecified atom stereocenters. The van der Waals surface area contributed by atoms with Crippen LogP contribution in [0.2, 0.25) is 0 Å². The SMILES string of the molecule is CCOC(=O)Cc1cc2cccc(Br)c2n1C. The third-order valence-corrected chi connectivity index (χ3v) is 3.38. The molecule has 0 saturated carbocycles. The number of aryl methyl sites for hydroxylation is 1. The Hall–Kier alpha value is -1.29. The molecule has 0 aliphatic heterocycles. The maximum absolute atomic E-state index is 11.5. The van der Waals surface area contributed by atoms with Crippen molar-refractivity contribution < 1.29 is 9.53 Å². The van der Waals surface area contributed by atoms with Crippen LogP contribution < -0.4 is 0 Å². The number of nitrogens with zero attached hydrogens (tertiary/aromatic N) is 1. The van der Waals surface area contributed by atoms with Gasteiger partial charge in [0.1, 0.15) is 0 Å². The summed E-state index contributed by atoms with van der Waals surface area (Å²) in [7, 11) is 1.96. The molecule has 0 amide bonds. The highest BCUT2D eigenvalue weighted by Crippen LogP contribution is 2.26. The summed E-state index contributed by atoms with van der Waals surface area (Å²) >= 11 is 3.52. The van der Waals surface area contributed by atoms with Crippen LogP contribution in [-0.4, -0.2) is 17.1 Å². The van der Waals surface area contributed by atoms with E-state index in [0.29, 0.717) is 13.0 Å². The fraction of sp³-hybridized carbons (Fsp3) is 0.308. The monoisotopic (exact) mass is 295 g/mol. The van der Waals surface area contributed by atoms with Crippen molar-refractivity contribution in [3.05, 3.63) is 34.4 Å². The Morgan fingerprint density at radius 3 is 2.88 bits per heavy atom. The summed E-state index contributed by atoms with van der Waals surface area (Å²) in [5, 5.41) is 1.13. The van der Waals surface area contributed by atoms with Gasteiger partial charge in [-0.05, 0) is 35.0 Å². The van der Waals surface area contributed by atoms with Crippen LogP contribution in [0.1, 0.15) is 12.6 Å². The van der Waals surface area contributed by atoms with Crippen LogP contribution in [0, 0.1) is 0 Å². The number of esters is 1. The summed E-state index contributed by atoms with van der Waals surface area (Å²) in [6.45, 7) is 2.24. The second-order valence-corrected chi connectivity index (χ2v) is 4.71. The van der Waals surface area contributed by atoms with Crippen molar-refractivity contribution in [1.29, 1.82) is 0 Å². The highest BCUT2D eigenvalue weighted by Gasteiger charge is 2.12. The van der Waals surface area contributed by atoms with E-state index in [1.54, 1.807) is 0 Å². The zero-order chi connectivity index (χ0) is 12.4. The van der Waals surface area contributed by atoms with Gasteiger partial charge >= 0.3 is 5.97 Å². The van der Waals surface area contributed by atoms with E-state index in [0.717, 1.165) is 21.1 Å². The van der Waals surface area contributed by atoms with Gasteiger partial charge in [-0.3, -0.25) is 4.79 Å². The third kappa shape index (κ3) is 2.36. The molecular formula is C13H14BrNO2. The number of para-hydroxylation sites is 1. The molecule has 3 nitrogen and oxygen atoms in total. The van der Waals surface area contributed by atoms with Gasteiger partial charge in [0.05, 0.1) is 18.5 Å². The van der Waals surface area contributed by atoms with E-state index in [2.05, 4.69) is 15.9 Å². The fourth-order valence-electron chi connectivity index (χ4n) is 1.95. The van der Waals surface area contributed by atoms with Crippen molar-refractivity contribution in [2.45, 2.75) is 13.3 Å². The summed E-state index contributed by atoms with van der Waals surface area (Å²) in [6, 6.07) is 8.04. The average molecular weight is 296 g/mol. The van der Waals surface area contributed by atoms with Crippen molar-refractivity contribution in [2.24, 2.45) is 7.05 Å². The minimum Gasteiger partial charge on any atom is -0.466 e. The largest absolute Gasteiger partial charge is 0.466 e. The van der Waals surface area contributed by atoms with E-state index >= 15 is 0 Å². The Labute approximate surface area is 108 Å². The van der Waals surface area contributed by atoms with Crippen LogP contribution >= 0.6 is 15.9 Å². The molecule has 0 fully saturated rings. The van der Waals surface area contributed by atoms with Gasteiger partial charge in [0.25, 0.3) is 0 Å². The van der Waals surface area contributed by atoms with E-state index in [-0.39, 0.29) is 5.97 Å². The van der Waals surface area contributed by atoms with Gasteiger partial charge in [-0.15, -0.1) is 0 Å². The molecule has 90 valence electrons. The van der Waals surface area contributed by atoms with Crippen LogP contribution in [0.15, 0.2) is 28.7 Å². The molecule has 0 bridgehead atoms. The first-order chi connectivity index (χ1) is 8.13. The highest BCUT2D eigenvalue weighted by atomic mass is 79.9. The first kappa shape index (κ1) is 12.2. The normalized spacial score (nSPS) is 10.8. The van der Waals surface area contributed by atoms with Crippen LogP contribution in [0.4, 0.5) is 0 Å². The third-order valence-electron chi connectivity index (χ3n) is 2.74. The Morgan fingerprint density at radius 2 is 2.24 bits per heavy atom. The number of carbonyl (C=O) groups excluding carboxylic acids is 1. The molecule has 0 N–H and O–H groups in total. The highest BCUT2D eigenvalue weighted by molar-refractivity contribution is 9.10. The zero-order valence-electron chi connectivity index (χ0n) is 9.87. The lowest BCUT2D eigenvalue weighted by Gasteiger charge is -2.05. The summed E-state index contributed by atoms with van der Waals surface area (Å²) in [4.78, 5) is 11.5. The van der Waals surface area contributed by atoms with E-state index in [1.807, 2.05) is 42.8 Å². The molecule has 2 rings (SSSR count). The Kier molecular flexibility index (Phi) is 3.52. The lowest BCUT2D eigenvalue weighted by atomic mass is 10.2. The molecule has 0 aliphatic rings. The molecule has 0 saturated heterocycles. The van der Waals surface area contributed by atoms with Crippen molar-refractivity contribution in [2.75, 3.05) is 6.61 Å². The Bertz CT molecular complexity index is 560. The van der Waals surface area contributed by atoms with Crippen molar-refractivity contribution >= 4 is 32.8 Å². The molecule has 1 aromatic carbocycles. The molecule has 0 radical (unpaired) electrons. The van der Waals surface area contributed by atoms with Gasteiger partial charge < -0.3 is 9.30 Å². The summed E-state index contributed by atoms with van der Waals surface area (Å²) < 4.78 is 8.02. The van der Waals surface area contributed by atoms with Crippen molar-refractivity contribution in [3.63, 3.8) is 0 Å². The maximum atomic E-state index is 11.5. The minimum absolute atomic E-state index is 0.186. The lowest BCUT2D eigenvalue weighted by molar-refractivity contribution is -0.142. The Balaban J connectivity index is 2.39. The smallest absolute Gasteiger partial charge is 0.311 e. The number of hydrogen-bond acceptors (Lipinski definition) is 2. The van der Waals surface area contributed by atoms with E-state index in [9.17, 15) is 4.79 Å². The number of hydrogen-bond donors (Lipinski definition) is 0. The lowest BCUT2D eigenvalue weighted by Crippen LogP contribution is -2.10. The molecule has 1 heterocycles. The summed E-state index contributed by atoms with van der Waals surface area (Å²) in [5.74, 6) is -0.186. The average Bonchev–Trinajstić information content (AvgIpc) is 2.57. The number of fused-ring (bicyclic) bond motifs is 1. The molecular weight excluding hydrogens is 282 g/mol. The molecule has 2 aromatic rings. The number of carbonyl (C=O) groups is 1. The maximum Gasteiger partial charge on any atom is 0.311 e. The summed E-state index contributed by atoms with van der Waals surface area (Å²) in [5.41, 5.74) is 2.07. The van der Waals surface area contributed by atoms with Crippen molar-refractivity contribution in [1.82, 2.24) is 4.57 Å². The molecule has 17 heavy (non-hydrogen) atoms. The van der Waals surface area contributed by atoms with Gasteiger partial charge in [-0.2, -0.15) is 0 Å². The van der Waals surface area contributed by atoms with Crippen LogP contribution in [0.5, 0.6) is 0 Å². The van der Waals surface area contributed by atoms with Crippen LogP contribution in [0.25, 0.3) is 10.9 Å².